The van der Waals surface area contributed by atoms with Crippen LogP contribution >= 0.6 is 0 Å². The molecule has 34 heavy (non-hydrogen) atoms. The van der Waals surface area contributed by atoms with Crippen LogP contribution in [0.3, 0.4) is 0 Å². The van der Waals surface area contributed by atoms with E-state index in [1.165, 1.54) is 38.9 Å². The molecule has 0 nitrogen and oxygen atoms in total. The van der Waals surface area contributed by atoms with E-state index in [2.05, 4.69) is 112 Å². The SMILES string of the molecule is CC1=Cc2c(-c3cc(C)cc(C)c3)cccc2[CH]1[Zr+2][CH]1c2ccccc2-c2ccccc21.[Cl-].[Cl-]. The number of allylic oxidation sites excluding steroid dienone is 1. The van der Waals surface area contributed by atoms with Crippen LogP contribution in [0.4, 0.5) is 0 Å². The van der Waals surface area contributed by atoms with Crippen LogP contribution in [0.25, 0.3) is 28.3 Å². The molecule has 0 amide bonds. The summed E-state index contributed by atoms with van der Waals surface area (Å²) in [6.45, 7) is 6.77. The molecule has 0 saturated carbocycles. The molecule has 0 fully saturated rings. The number of benzene rings is 4. The number of fused-ring (bicyclic) bond motifs is 4. The first-order chi connectivity index (χ1) is 15.6. The standard InChI is InChI=1S/C18H17.C13H9.2ClH.Zr/c1-12-7-13(2)10-16(9-12)17-6-4-5-15-8-14(3)11-18(15)17;1-3-7-12-10(5-1)9-11-6-2-4-8-13(11)12;;;/h4-11H,1-3H3;1-9H;2*1H;/q;;;;+2/p-2. The van der Waals surface area contributed by atoms with E-state index in [1.807, 2.05) is 0 Å². The summed E-state index contributed by atoms with van der Waals surface area (Å²) in [4.78, 5) is 0. The van der Waals surface area contributed by atoms with E-state index in [0.29, 0.717) is 7.25 Å². The van der Waals surface area contributed by atoms with Crippen molar-refractivity contribution >= 4 is 6.08 Å². The summed E-state index contributed by atoms with van der Waals surface area (Å²) in [5, 5.41) is 0. The first-order valence-electron chi connectivity index (χ1n) is 11.4. The zero-order chi connectivity index (χ0) is 21.8. The summed E-state index contributed by atoms with van der Waals surface area (Å²) < 4.78 is 1.25. The molecule has 2 aliphatic carbocycles. The summed E-state index contributed by atoms with van der Waals surface area (Å²) >= 11 is -0.851. The summed E-state index contributed by atoms with van der Waals surface area (Å²) in [5.41, 5.74) is 16.0. The number of hydrogen-bond acceptors (Lipinski definition) is 0. The third-order valence-electron chi connectivity index (χ3n) is 6.98. The topological polar surface area (TPSA) is 0 Å². The van der Waals surface area contributed by atoms with Gasteiger partial charge in [0.25, 0.3) is 0 Å². The molecule has 0 radical (unpaired) electrons. The molecule has 0 aromatic heterocycles. The summed E-state index contributed by atoms with van der Waals surface area (Å²) in [6, 6.07) is 32.1. The van der Waals surface area contributed by atoms with Gasteiger partial charge in [-0.3, -0.25) is 0 Å². The second-order valence-corrected chi connectivity index (χ2v) is 12.9. The van der Waals surface area contributed by atoms with Gasteiger partial charge in [-0.05, 0) is 0 Å². The maximum atomic E-state index is 2.49. The molecule has 4 aromatic rings. The maximum absolute atomic E-state index is 2.49. The minimum atomic E-state index is -0.851. The zero-order valence-corrected chi connectivity index (χ0v) is 23.5. The van der Waals surface area contributed by atoms with Crippen molar-refractivity contribution < 1.29 is 48.0 Å². The Kier molecular flexibility index (Phi) is 7.39. The number of hydrogen-bond donors (Lipinski definition) is 0. The predicted molar refractivity (Wildman–Crippen MR) is 131 cm³/mol. The van der Waals surface area contributed by atoms with Gasteiger partial charge in [0, 0.05) is 0 Å². The fourth-order valence-electron chi connectivity index (χ4n) is 5.66. The maximum Gasteiger partial charge on any atom is -1.00 e. The van der Waals surface area contributed by atoms with E-state index >= 15 is 0 Å². The normalized spacial score (nSPS) is 15.3. The van der Waals surface area contributed by atoms with Crippen LogP contribution in [0.1, 0.15) is 47.6 Å². The van der Waals surface area contributed by atoms with E-state index < -0.39 is 23.2 Å². The van der Waals surface area contributed by atoms with Gasteiger partial charge in [-0.25, -0.2) is 0 Å². The second kappa shape index (κ2) is 9.98. The largest absolute Gasteiger partial charge is 1.00 e. The van der Waals surface area contributed by atoms with Gasteiger partial charge in [-0.2, -0.15) is 0 Å². The third-order valence-corrected chi connectivity index (χ3v) is 12.0. The Morgan fingerprint density at radius 2 is 1.09 bits per heavy atom. The monoisotopic (exact) mass is 558 g/mol. The van der Waals surface area contributed by atoms with Gasteiger partial charge >= 0.3 is 203 Å². The van der Waals surface area contributed by atoms with Gasteiger partial charge in [0.1, 0.15) is 0 Å². The van der Waals surface area contributed by atoms with Gasteiger partial charge in [-0.15, -0.1) is 0 Å². The van der Waals surface area contributed by atoms with Crippen molar-refractivity contribution in [3.8, 4) is 22.3 Å². The summed E-state index contributed by atoms with van der Waals surface area (Å²) in [7, 11) is 0. The Labute approximate surface area is 226 Å². The smallest absolute Gasteiger partial charge is 1.00 e. The molecular formula is C31H26Cl2Zr. The van der Waals surface area contributed by atoms with Gasteiger partial charge in [0.2, 0.25) is 0 Å². The molecule has 0 aliphatic heterocycles. The molecule has 0 N–H and O–H groups in total. The fourth-order valence-corrected chi connectivity index (χ4v) is 10.5. The average molecular weight is 561 g/mol. The van der Waals surface area contributed by atoms with Crippen molar-refractivity contribution in [1.82, 2.24) is 0 Å². The molecule has 3 heteroatoms. The zero-order valence-electron chi connectivity index (χ0n) is 19.6. The average Bonchev–Trinajstić information content (AvgIpc) is 3.28. The van der Waals surface area contributed by atoms with Crippen LogP contribution in [0.15, 0.2) is 90.5 Å². The van der Waals surface area contributed by atoms with Crippen molar-refractivity contribution in [3.63, 3.8) is 0 Å². The van der Waals surface area contributed by atoms with Crippen LogP contribution in [-0.4, -0.2) is 0 Å². The molecule has 0 bridgehead atoms. The molecule has 6 rings (SSSR count). The molecule has 4 aromatic carbocycles. The van der Waals surface area contributed by atoms with E-state index in [9.17, 15) is 0 Å². The number of rotatable bonds is 3. The molecule has 168 valence electrons. The molecule has 1 atom stereocenters. The van der Waals surface area contributed by atoms with Gasteiger partial charge in [-0.1, -0.05) is 0 Å². The van der Waals surface area contributed by atoms with Gasteiger partial charge in [0.15, 0.2) is 0 Å². The third kappa shape index (κ3) is 4.17. The first kappa shape index (κ1) is 25.2. The van der Waals surface area contributed by atoms with Crippen LogP contribution in [0.5, 0.6) is 0 Å². The molecule has 2 aliphatic rings. The van der Waals surface area contributed by atoms with E-state index in [1.54, 1.807) is 22.3 Å². The minimum Gasteiger partial charge on any atom is -1.00 e. The van der Waals surface area contributed by atoms with Crippen molar-refractivity contribution in [2.45, 2.75) is 28.0 Å². The van der Waals surface area contributed by atoms with Crippen LogP contribution < -0.4 is 24.8 Å². The van der Waals surface area contributed by atoms with Crippen molar-refractivity contribution in [1.29, 1.82) is 0 Å². The summed E-state index contributed by atoms with van der Waals surface area (Å²) in [5.74, 6) is 0. The Morgan fingerprint density at radius 3 is 1.71 bits per heavy atom. The molecule has 0 saturated heterocycles. The van der Waals surface area contributed by atoms with Gasteiger partial charge in [0.05, 0.1) is 0 Å². The molecular weight excluding hydrogens is 534 g/mol. The Bertz CT molecular complexity index is 1340. The number of aryl methyl sites for hydroxylation is 2. The Morgan fingerprint density at radius 1 is 0.559 bits per heavy atom. The fraction of sp³-hybridized carbons (Fsp3) is 0.161. The van der Waals surface area contributed by atoms with Crippen LogP contribution in [0, 0.1) is 13.8 Å². The van der Waals surface area contributed by atoms with Crippen LogP contribution in [0.2, 0.25) is 0 Å². The minimum absolute atomic E-state index is 0. The van der Waals surface area contributed by atoms with E-state index in [-0.39, 0.29) is 24.8 Å². The molecule has 0 spiro atoms. The predicted octanol–water partition coefficient (Wildman–Crippen LogP) is 2.29. The van der Waals surface area contributed by atoms with Crippen LogP contribution in [-0.2, 0) is 23.2 Å². The van der Waals surface area contributed by atoms with Crippen molar-refractivity contribution in [2.24, 2.45) is 0 Å². The first-order valence-corrected chi connectivity index (χ1v) is 14.3. The molecule has 1 unspecified atom stereocenters. The summed E-state index contributed by atoms with van der Waals surface area (Å²) in [6.07, 6.45) is 2.49. The molecule has 0 heterocycles. The Balaban J connectivity index is 0.00000137. The number of halogens is 2. The van der Waals surface area contributed by atoms with E-state index in [0.717, 1.165) is 0 Å². The second-order valence-electron chi connectivity index (χ2n) is 9.28. The van der Waals surface area contributed by atoms with E-state index in [4.69, 9.17) is 0 Å². The van der Waals surface area contributed by atoms with Crippen molar-refractivity contribution in [3.05, 3.63) is 124 Å². The van der Waals surface area contributed by atoms with Gasteiger partial charge < -0.3 is 24.8 Å². The Hall–Kier alpha value is -1.92. The van der Waals surface area contributed by atoms with Crippen molar-refractivity contribution in [2.75, 3.05) is 0 Å². The quantitative estimate of drug-likeness (QED) is 0.361.